The Balaban J connectivity index is 1.77. The molecule has 0 bridgehead atoms. The molecule has 1 N–H and O–H groups in total. The van der Waals surface area contributed by atoms with Crippen molar-refractivity contribution in [1.29, 1.82) is 0 Å². The lowest BCUT2D eigenvalue weighted by Gasteiger charge is -2.18. The van der Waals surface area contributed by atoms with Crippen molar-refractivity contribution in [3.8, 4) is 0 Å². The summed E-state index contributed by atoms with van der Waals surface area (Å²) in [5, 5.41) is 5.30. The molecule has 0 spiro atoms. The van der Waals surface area contributed by atoms with Gasteiger partial charge in [-0.1, -0.05) is 17.3 Å². The minimum absolute atomic E-state index is 0.154. The summed E-state index contributed by atoms with van der Waals surface area (Å²) in [5.41, 5.74) is 1.68. The lowest BCUT2D eigenvalue weighted by atomic mass is 10.2. The largest absolute Gasteiger partial charge is 0.351 e. The Labute approximate surface area is 142 Å². The van der Waals surface area contributed by atoms with Crippen molar-refractivity contribution in [2.75, 3.05) is 11.9 Å². The molecule has 8 heteroatoms. The van der Waals surface area contributed by atoms with Crippen LogP contribution >= 0.6 is 0 Å². The van der Waals surface area contributed by atoms with E-state index in [0.717, 1.165) is 11.1 Å². The molecular formula is C17H16N6O2. The van der Waals surface area contributed by atoms with E-state index in [-0.39, 0.29) is 5.56 Å². The van der Waals surface area contributed by atoms with Crippen LogP contribution in [0, 0.1) is 13.8 Å². The second-order valence-corrected chi connectivity index (χ2v) is 5.93. The van der Waals surface area contributed by atoms with Gasteiger partial charge >= 0.3 is 0 Å². The van der Waals surface area contributed by atoms with Crippen LogP contribution in [0.2, 0.25) is 0 Å². The quantitative estimate of drug-likeness (QED) is 0.611. The third-order valence-electron chi connectivity index (χ3n) is 4.01. The van der Waals surface area contributed by atoms with Crippen LogP contribution in [0.25, 0.3) is 22.0 Å². The van der Waals surface area contributed by atoms with Crippen molar-refractivity contribution in [1.82, 2.24) is 25.1 Å². The lowest BCUT2D eigenvalue weighted by Crippen LogP contribution is -2.23. The highest BCUT2D eigenvalue weighted by molar-refractivity contribution is 5.88. The van der Waals surface area contributed by atoms with Crippen LogP contribution in [0.3, 0.4) is 0 Å². The molecule has 0 unspecified atom stereocenters. The van der Waals surface area contributed by atoms with Gasteiger partial charge in [0.25, 0.3) is 11.3 Å². The van der Waals surface area contributed by atoms with E-state index in [2.05, 4.69) is 25.1 Å². The number of para-hydroxylation sites is 1. The van der Waals surface area contributed by atoms with Gasteiger partial charge in [0.1, 0.15) is 22.9 Å². The topological polar surface area (TPSA) is 101 Å². The molecule has 8 nitrogen and oxygen atoms in total. The van der Waals surface area contributed by atoms with Gasteiger partial charge in [-0.25, -0.2) is 9.97 Å². The Hall–Kier alpha value is -3.29. The van der Waals surface area contributed by atoms with Gasteiger partial charge in [0.2, 0.25) is 0 Å². The van der Waals surface area contributed by atoms with Crippen molar-refractivity contribution in [3.63, 3.8) is 0 Å². The number of rotatable bonds is 3. The van der Waals surface area contributed by atoms with Crippen molar-refractivity contribution < 1.29 is 4.52 Å². The first-order valence-electron chi connectivity index (χ1n) is 7.82. The van der Waals surface area contributed by atoms with Crippen LogP contribution in [0.4, 0.5) is 5.82 Å². The van der Waals surface area contributed by atoms with Gasteiger partial charge < -0.3 is 14.4 Å². The fourth-order valence-electron chi connectivity index (χ4n) is 2.86. The lowest BCUT2D eigenvalue weighted by molar-refractivity contribution is 0.442. The van der Waals surface area contributed by atoms with Crippen LogP contribution in [0.5, 0.6) is 0 Å². The Morgan fingerprint density at radius 1 is 1.16 bits per heavy atom. The molecule has 0 saturated heterocycles. The number of H-pyrrole nitrogens is 1. The van der Waals surface area contributed by atoms with E-state index < -0.39 is 0 Å². The zero-order chi connectivity index (χ0) is 17.6. The molecule has 4 aromatic rings. The minimum atomic E-state index is -0.154. The molecular weight excluding hydrogens is 320 g/mol. The maximum absolute atomic E-state index is 12.2. The number of benzene rings is 1. The molecule has 3 aromatic heterocycles. The van der Waals surface area contributed by atoms with Gasteiger partial charge in [0.05, 0.1) is 23.1 Å². The number of aromatic amines is 1. The number of hydrogen-bond donors (Lipinski definition) is 1. The number of aromatic nitrogens is 5. The number of nitrogens with zero attached hydrogens (tertiary/aromatic N) is 5. The molecule has 25 heavy (non-hydrogen) atoms. The number of nitrogens with one attached hydrogen (secondary N) is 1. The summed E-state index contributed by atoms with van der Waals surface area (Å²) in [6.45, 7) is 4.03. The highest BCUT2D eigenvalue weighted by Gasteiger charge is 2.17. The monoisotopic (exact) mass is 336 g/mol. The van der Waals surface area contributed by atoms with Crippen LogP contribution in [0.15, 0.2) is 33.6 Å². The van der Waals surface area contributed by atoms with E-state index in [0.29, 0.717) is 40.6 Å². The first-order valence-corrected chi connectivity index (χ1v) is 7.82. The molecule has 0 radical (unpaired) electrons. The summed E-state index contributed by atoms with van der Waals surface area (Å²) in [6, 6.07) is 7.26. The van der Waals surface area contributed by atoms with E-state index in [1.54, 1.807) is 13.0 Å². The first kappa shape index (κ1) is 15.3. The summed E-state index contributed by atoms with van der Waals surface area (Å²) >= 11 is 0. The van der Waals surface area contributed by atoms with Gasteiger partial charge in [0, 0.05) is 7.05 Å². The standard InChI is InChI=1S/C17H16N6O2/c1-9-14-15(18-10(2)19-17(14)25-22-9)23(3)8-13-20-12-7-5-4-6-11(12)16(24)21-13/h4-7H,8H2,1-3H3,(H,20,21,24). The molecule has 1 aromatic carbocycles. The van der Waals surface area contributed by atoms with E-state index in [1.165, 1.54) is 0 Å². The van der Waals surface area contributed by atoms with Crippen LogP contribution in [0.1, 0.15) is 17.3 Å². The summed E-state index contributed by atoms with van der Waals surface area (Å²) in [6.07, 6.45) is 0. The van der Waals surface area contributed by atoms with Crippen LogP contribution in [-0.4, -0.2) is 32.1 Å². The summed E-state index contributed by atoms with van der Waals surface area (Å²) in [5.74, 6) is 1.84. The summed E-state index contributed by atoms with van der Waals surface area (Å²) in [7, 11) is 1.88. The van der Waals surface area contributed by atoms with Gasteiger partial charge in [-0.15, -0.1) is 0 Å². The van der Waals surface area contributed by atoms with Crippen LogP contribution in [-0.2, 0) is 6.54 Å². The number of anilines is 1. The second kappa shape index (κ2) is 5.66. The van der Waals surface area contributed by atoms with Crippen molar-refractivity contribution in [2.24, 2.45) is 0 Å². The SMILES string of the molecule is Cc1nc(N(C)Cc2nc3ccccc3c(=O)[nH]2)c2c(C)noc2n1. The van der Waals surface area contributed by atoms with E-state index >= 15 is 0 Å². The fraction of sp³-hybridized carbons (Fsp3) is 0.235. The molecule has 3 heterocycles. The molecule has 0 aliphatic carbocycles. The van der Waals surface area contributed by atoms with E-state index in [1.807, 2.05) is 37.1 Å². The summed E-state index contributed by atoms with van der Waals surface area (Å²) < 4.78 is 5.25. The number of aryl methyl sites for hydroxylation is 2. The molecule has 0 saturated carbocycles. The maximum Gasteiger partial charge on any atom is 0.263 e. The Morgan fingerprint density at radius 2 is 1.96 bits per heavy atom. The minimum Gasteiger partial charge on any atom is -0.351 e. The van der Waals surface area contributed by atoms with Crippen molar-refractivity contribution >= 4 is 27.8 Å². The number of hydrogen-bond acceptors (Lipinski definition) is 7. The zero-order valence-electron chi connectivity index (χ0n) is 14.1. The average molecular weight is 336 g/mol. The van der Waals surface area contributed by atoms with Gasteiger partial charge in [-0.05, 0) is 26.0 Å². The Morgan fingerprint density at radius 3 is 2.80 bits per heavy atom. The van der Waals surface area contributed by atoms with Gasteiger partial charge in [-0.2, -0.15) is 4.98 Å². The molecule has 0 aliphatic rings. The highest BCUT2D eigenvalue weighted by atomic mass is 16.5. The van der Waals surface area contributed by atoms with E-state index in [9.17, 15) is 4.79 Å². The third kappa shape index (κ3) is 2.61. The highest BCUT2D eigenvalue weighted by Crippen LogP contribution is 2.26. The third-order valence-corrected chi connectivity index (χ3v) is 4.01. The van der Waals surface area contributed by atoms with E-state index in [4.69, 9.17) is 4.52 Å². The predicted octanol–water partition coefficient (Wildman–Crippen LogP) is 2.11. The van der Waals surface area contributed by atoms with Gasteiger partial charge in [-0.3, -0.25) is 4.79 Å². The first-order chi connectivity index (χ1) is 12.0. The fourth-order valence-corrected chi connectivity index (χ4v) is 2.86. The second-order valence-electron chi connectivity index (χ2n) is 5.93. The zero-order valence-corrected chi connectivity index (χ0v) is 14.1. The maximum atomic E-state index is 12.2. The van der Waals surface area contributed by atoms with Gasteiger partial charge in [0.15, 0.2) is 0 Å². The normalized spacial score (nSPS) is 11.3. The molecule has 0 amide bonds. The Kier molecular flexibility index (Phi) is 3.45. The number of fused-ring (bicyclic) bond motifs is 2. The molecule has 0 atom stereocenters. The molecule has 0 aliphatic heterocycles. The van der Waals surface area contributed by atoms with Crippen LogP contribution < -0.4 is 10.5 Å². The van der Waals surface area contributed by atoms with Crippen molar-refractivity contribution in [2.45, 2.75) is 20.4 Å². The molecule has 126 valence electrons. The average Bonchev–Trinajstić information content (AvgIpc) is 2.95. The Bertz CT molecular complexity index is 1150. The van der Waals surface area contributed by atoms with Crippen molar-refractivity contribution in [3.05, 3.63) is 52.0 Å². The smallest absolute Gasteiger partial charge is 0.263 e. The summed E-state index contributed by atoms with van der Waals surface area (Å²) in [4.78, 5) is 30.3. The molecule has 0 fully saturated rings. The predicted molar refractivity (Wildman–Crippen MR) is 93.5 cm³/mol. The molecule has 4 rings (SSSR count).